The van der Waals surface area contributed by atoms with Crippen molar-refractivity contribution in [3.63, 3.8) is 0 Å². The van der Waals surface area contributed by atoms with Crippen LogP contribution in [0.2, 0.25) is 0 Å². The van der Waals surface area contributed by atoms with E-state index in [1.165, 1.54) is 4.90 Å². The predicted molar refractivity (Wildman–Crippen MR) is 94.3 cm³/mol. The monoisotopic (exact) mass is 336 g/mol. The van der Waals surface area contributed by atoms with E-state index in [0.717, 1.165) is 34.4 Å². The van der Waals surface area contributed by atoms with Crippen LogP contribution in [-0.4, -0.2) is 29.6 Å². The van der Waals surface area contributed by atoms with Gasteiger partial charge in [0.2, 0.25) is 0 Å². The standard InChI is InChI=1S/C20H20N2O3/c1-12-6-7-13-8-9-22(16(13)10-12)20(25)19(24)21-18-15-5-3-2-4-14(15)11-17(18)23/h2-7,10,17-18,23H,8-9,11H2,1H3,(H,21,24). The van der Waals surface area contributed by atoms with E-state index in [2.05, 4.69) is 5.32 Å². The minimum atomic E-state index is -0.706. The van der Waals surface area contributed by atoms with Crippen LogP contribution in [0.1, 0.15) is 28.3 Å². The lowest BCUT2D eigenvalue weighted by atomic mass is 10.1. The van der Waals surface area contributed by atoms with Crippen LogP contribution >= 0.6 is 0 Å². The third-order valence-corrected chi connectivity index (χ3v) is 5.07. The Morgan fingerprint density at radius 2 is 1.96 bits per heavy atom. The van der Waals surface area contributed by atoms with Crippen LogP contribution < -0.4 is 10.2 Å². The molecule has 2 aliphatic rings. The van der Waals surface area contributed by atoms with Crippen molar-refractivity contribution in [1.29, 1.82) is 0 Å². The van der Waals surface area contributed by atoms with E-state index in [0.29, 0.717) is 13.0 Å². The lowest BCUT2D eigenvalue weighted by Gasteiger charge is -2.21. The maximum Gasteiger partial charge on any atom is 0.316 e. The molecular formula is C20H20N2O3. The molecule has 2 aromatic rings. The fourth-order valence-electron chi connectivity index (χ4n) is 3.77. The van der Waals surface area contributed by atoms with Crippen LogP contribution in [0.4, 0.5) is 5.69 Å². The van der Waals surface area contributed by atoms with Crippen LogP contribution in [0.15, 0.2) is 42.5 Å². The van der Waals surface area contributed by atoms with Crippen LogP contribution in [0, 0.1) is 6.92 Å². The summed E-state index contributed by atoms with van der Waals surface area (Å²) >= 11 is 0. The topological polar surface area (TPSA) is 69.6 Å². The summed E-state index contributed by atoms with van der Waals surface area (Å²) in [6.07, 6.45) is 0.534. The van der Waals surface area contributed by atoms with Gasteiger partial charge in [-0.2, -0.15) is 0 Å². The van der Waals surface area contributed by atoms with Crippen LogP contribution in [0.5, 0.6) is 0 Å². The molecule has 4 rings (SSSR count). The van der Waals surface area contributed by atoms with Crippen molar-refractivity contribution in [2.75, 3.05) is 11.4 Å². The van der Waals surface area contributed by atoms with Gasteiger partial charge in [-0.05, 0) is 41.7 Å². The van der Waals surface area contributed by atoms with Gasteiger partial charge in [-0.3, -0.25) is 9.59 Å². The first-order valence-corrected chi connectivity index (χ1v) is 8.52. The number of nitrogens with zero attached hydrogens (tertiary/aromatic N) is 1. The summed E-state index contributed by atoms with van der Waals surface area (Å²) < 4.78 is 0. The number of carbonyl (C=O) groups excluding carboxylic acids is 2. The van der Waals surface area contributed by atoms with Gasteiger partial charge in [0, 0.05) is 18.7 Å². The molecule has 5 nitrogen and oxygen atoms in total. The number of carbonyl (C=O) groups is 2. The number of hydrogen-bond donors (Lipinski definition) is 2. The van der Waals surface area contributed by atoms with E-state index in [4.69, 9.17) is 0 Å². The summed E-state index contributed by atoms with van der Waals surface area (Å²) in [4.78, 5) is 26.7. The first-order valence-electron chi connectivity index (χ1n) is 8.52. The van der Waals surface area contributed by atoms with Gasteiger partial charge < -0.3 is 15.3 Å². The zero-order valence-electron chi connectivity index (χ0n) is 14.0. The number of nitrogens with one attached hydrogen (secondary N) is 1. The summed E-state index contributed by atoms with van der Waals surface area (Å²) in [5, 5.41) is 13.0. The lowest BCUT2D eigenvalue weighted by molar-refractivity contribution is -0.138. The number of benzene rings is 2. The molecule has 2 amide bonds. The molecule has 0 saturated heterocycles. The molecule has 25 heavy (non-hydrogen) atoms. The molecule has 0 saturated carbocycles. The first kappa shape index (κ1) is 15.8. The Labute approximate surface area is 146 Å². The summed E-state index contributed by atoms with van der Waals surface area (Å²) in [6, 6.07) is 13.0. The highest BCUT2D eigenvalue weighted by Gasteiger charge is 2.35. The van der Waals surface area contributed by atoms with Crippen molar-refractivity contribution in [3.8, 4) is 0 Å². The quantitative estimate of drug-likeness (QED) is 0.778. The zero-order valence-corrected chi connectivity index (χ0v) is 14.0. The SMILES string of the molecule is Cc1ccc2c(c1)N(C(=O)C(=O)NC1c3ccccc3CC1O)CC2. The molecule has 0 radical (unpaired) electrons. The Balaban J connectivity index is 1.53. The van der Waals surface area contributed by atoms with E-state index >= 15 is 0 Å². The highest BCUT2D eigenvalue weighted by molar-refractivity contribution is 6.40. The van der Waals surface area contributed by atoms with Gasteiger partial charge in [-0.1, -0.05) is 36.4 Å². The average molecular weight is 336 g/mol. The van der Waals surface area contributed by atoms with E-state index < -0.39 is 24.0 Å². The summed E-state index contributed by atoms with van der Waals surface area (Å²) in [7, 11) is 0. The zero-order chi connectivity index (χ0) is 17.6. The molecule has 0 aromatic heterocycles. The van der Waals surface area contributed by atoms with Gasteiger partial charge >= 0.3 is 11.8 Å². The van der Waals surface area contributed by atoms with Crippen LogP contribution in [0.25, 0.3) is 0 Å². The average Bonchev–Trinajstić information content (AvgIpc) is 3.15. The van der Waals surface area contributed by atoms with Gasteiger partial charge in [-0.15, -0.1) is 0 Å². The van der Waals surface area contributed by atoms with Crippen molar-refractivity contribution < 1.29 is 14.7 Å². The van der Waals surface area contributed by atoms with E-state index in [1.807, 2.05) is 49.4 Å². The number of aliphatic hydroxyl groups excluding tert-OH is 1. The minimum absolute atomic E-state index is 0.487. The molecule has 2 aromatic carbocycles. The predicted octanol–water partition coefficient (Wildman–Crippen LogP) is 1.66. The molecule has 2 atom stereocenters. The third kappa shape index (κ3) is 2.70. The maximum absolute atomic E-state index is 12.7. The lowest BCUT2D eigenvalue weighted by Crippen LogP contribution is -2.45. The Hall–Kier alpha value is -2.66. The molecule has 1 heterocycles. The second-order valence-electron chi connectivity index (χ2n) is 6.76. The van der Waals surface area contributed by atoms with Gasteiger partial charge in [0.25, 0.3) is 0 Å². The molecule has 128 valence electrons. The van der Waals surface area contributed by atoms with Crippen LogP contribution in [-0.2, 0) is 22.4 Å². The second-order valence-corrected chi connectivity index (χ2v) is 6.76. The van der Waals surface area contributed by atoms with Crippen molar-refractivity contribution in [2.45, 2.75) is 31.9 Å². The molecule has 0 spiro atoms. The smallest absolute Gasteiger partial charge is 0.316 e. The number of rotatable bonds is 1. The number of fused-ring (bicyclic) bond motifs is 2. The molecule has 1 aliphatic carbocycles. The summed E-state index contributed by atoms with van der Waals surface area (Å²) in [5.41, 5.74) is 4.84. The van der Waals surface area contributed by atoms with Crippen molar-refractivity contribution >= 4 is 17.5 Å². The van der Waals surface area contributed by atoms with E-state index in [1.54, 1.807) is 0 Å². The normalized spacial score (nSPS) is 21.0. The Morgan fingerprint density at radius 3 is 2.80 bits per heavy atom. The van der Waals surface area contributed by atoms with E-state index in [9.17, 15) is 14.7 Å². The Morgan fingerprint density at radius 1 is 1.16 bits per heavy atom. The summed E-state index contributed by atoms with van der Waals surface area (Å²) in [6.45, 7) is 2.47. The van der Waals surface area contributed by atoms with Crippen molar-refractivity contribution in [1.82, 2.24) is 5.32 Å². The van der Waals surface area contributed by atoms with Crippen LogP contribution in [0.3, 0.4) is 0 Å². The molecule has 1 aliphatic heterocycles. The number of hydrogen-bond acceptors (Lipinski definition) is 3. The van der Waals surface area contributed by atoms with Crippen molar-refractivity contribution in [2.24, 2.45) is 0 Å². The minimum Gasteiger partial charge on any atom is -0.390 e. The number of amides is 2. The Kier molecular flexibility index (Phi) is 3.81. The molecule has 2 N–H and O–H groups in total. The largest absolute Gasteiger partial charge is 0.390 e. The van der Waals surface area contributed by atoms with Crippen molar-refractivity contribution in [3.05, 3.63) is 64.7 Å². The van der Waals surface area contributed by atoms with E-state index in [-0.39, 0.29) is 0 Å². The van der Waals surface area contributed by atoms with Gasteiger partial charge in [0.1, 0.15) is 0 Å². The summed E-state index contributed by atoms with van der Waals surface area (Å²) in [5.74, 6) is -1.24. The molecular weight excluding hydrogens is 316 g/mol. The van der Waals surface area contributed by atoms with Gasteiger partial charge in [-0.25, -0.2) is 0 Å². The fraction of sp³-hybridized carbons (Fsp3) is 0.300. The second kappa shape index (κ2) is 6.01. The maximum atomic E-state index is 12.7. The molecule has 5 heteroatoms. The van der Waals surface area contributed by atoms with Gasteiger partial charge in [0.05, 0.1) is 12.1 Å². The van der Waals surface area contributed by atoms with Gasteiger partial charge in [0.15, 0.2) is 0 Å². The number of anilines is 1. The molecule has 2 unspecified atom stereocenters. The molecule has 0 fully saturated rings. The number of aliphatic hydroxyl groups is 1. The fourth-order valence-corrected chi connectivity index (χ4v) is 3.77. The first-order chi connectivity index (χ1) is 12.0. The third-order valence-electron chi connectivity index (χ3n) is 5.07. The highest BCUT2D eigenvalue weighted by Crippen LogP contribution is 2.32. The Bertz CT molecular complexity index is 862. The number of aryl methyl sites for hydroxylation is 1. The highest BCUT2D eigenvalue weighted by atomic mass is 16.3. The molecule has 0 bridgehead atoms.